The van der Waals surface area contributed by atoms with E-state index >= 15 is 0 Å². The summed E-state index contributed by atoms with van der Waals surface area (Å²) >= 11 is 18.7. The largest absolute Gasteiger partial charge is 0.462 e. The van der Waals surface area contributed by atoms with Crippen molar-refractivity contribution in [2.24, 2.45) is 0 Å². The highest BCUT2D eigenvalue weighted by atomic mass is 35.5. The van der Waals surface area contributed by atoms with Gasteiger partial charge in [0.1, 0.15) is 17.2 Å². The third-order valence-electron chi connectivity index (χ3n) is 5.03. The standard InChI is InChI=1S/C25H16Cl3F2N3O4/c1-2-37-24(35)20-14(15(11-31)13-7-6-12(26)10-16(13)27)8-9-19(22(20)28)32-25(36)33-23(34)21-17(29)4-3-5-18(21)30/h3-10,15H,2H2,1H3,(H2,32,33,34,36)/t15-/m1/s1. The van der Waals surface area contributed by atoms with Gasteiger partial charge in [0.2, 0.25) is 0 Å². The first-order valence-corrected chi connectivity index (χ1v) is 11.6. The van der Waals surface area contributed by atoms with Crippen molar-refractivity contribution < 1.29 is 27.9 Å². The third kappa shape index (κ3) is 6.17. The van der Waals surface area contributed by atoms with Crippen LogP contribution in [-0.4, -0.2) is 24.5 Å². The van der Waals surface area contributed by atoms with Crippen LogP contribution in [0.1, 0.15) is 44.7 Å². The van der Waals surface area contributed by atoms with Crippen molar-refractivity contribution in [3.8, 4) is 6.07 Å². The number of anilines is 1. The number of benzene rings is 3. The second-order valence-electron chi connectivity index (χ2n) is 7.34. The van der Waals surface area contributed by atoms with Gasteiger partial charge in [-0.05, 0) is 48.4 Å². The van der Waals surface area contributed by atoms with Gasteiger partial charge in [-0.15, -0.1) is 0 Å². The molecule has 0 saturated carbocycles. The van der Waals surface area contributed by atoms with E-state index in [-0.39, 0.29) is 33.5 Å². The van der Waals surface area contributed by atoms with Crippen LogP contribution in [0.5, 0.6) is 0 Å². The van der Waals surface area contributed by atoms with E-state index in [0.29, 0.717) is 10.6 Å². The summed E-state index contributed by atoms with van der Waals surface area (Å²) in [7, 11) is 0. The molecule has 12 heteroatoms. The molecule has 3 aromatic rings. The number of carbonyl (C=O) groups excluding carboxylic acids is 3. The molecule has 0 unspecified atom stereocenters. The van der Waals surface area contributed by atoms with Crippen LogP contribution in [0.4, 0.5) is 19.3 Å². The first kappa shape index (κ1) is 27.9. The van der Waals surface area contributed by atoms with Gasteiger partial charge in [-0.2, -0.15) is 5.26 Å². The summed E-state index contributed by atoms with van der Waals surface area (Å²) in [5.41, 5.74) is -0.864. The Morgan fingerprint density at radius 2 is 1.65 bits per heavy atom. The Bertz CT molecular complexity index is 1420. The maximum Gasteiger partial charge on any atom is 0.340 e. The summed E-state index contributed by atoms with van der Waals surface area (Å²) in [4.78, 5) is 37.4. The monoisotopic (exact) mass is 565 g/mol. The van der Waals surface area contributed by atoms with Crippen LogP contribution in [0.25, 0.3) is 0 Å². The number of ether oxygens (including phenoxy) is 1. The summed E-state index contributed by atoms with van der Waals surface area (Å²) in [6, 6.07) is 10.8. The topological polar surface area (TPSA) is 108 Å². The quantitative estimate of drug-likeness (QED) is 0.322. The molecule has 190 valence electrons. The molecule has 0 heterocycles. The van der Waals surface area contributed by atoms with Gasteiger partial charge in [0.15, 0.2) is 0 Å². The average Bonchev–Trinajstić information content (AvgIpc) is 2.82. The Balaban J connectivity index is 1.98. The molecule has 0 aliphatic heterocycles. The number of carbonyl (C=O) groups is 3. The minimum absolute atomic E-state index is 0.0195. The number of imide groups is 1. The molecular formula is C25H16Cl3F2N3O4. The van der Waals surface area contributed by atoms with Gasteiger partial charge >= 0.3 is 12.0 Å². The van der Waals surface area contributed by atoms with E-state index in [4.69, 9.17) is 39.5 Å². The van der Waals surface area contributed by atoms with Crippen molar-refractivity contribution in [2.75, 3.05) is 11.9 Å². The van der Waals surface area contributed by atoms with Crippen LogP contribution in [-0.2, 0) is 4.74 Å². The summed E-state index contributed by atoms with van der Waals surface area (Å²) in [6.07, 6.45) is 0. The molecule has 2 N–H and O–H groups in total. The minimum atomic E-state index is -1.34. The van der Waals surface area contributed by atoms with Crippen LogP contribution >= 0.6 is 34.8 Å². The molecule has 3 aromatic carbocycles. The molecule has 0 aliphatic carbocycles. The van der Waals surface area contributed by atoms with Crippen molar-refractivity contribution in [3.05, 3.63) is 97.5 Å². The van der Waals surface area contributed by atoms with E-state index in [1.54, 1.807) is 12.2 Å². The molecule has 0 radical (unpaired) electrons. The van der Waals surface area contributed by atoms with Crippen molar-refractivity contribution >= 4 is 58.4 Å². The SMILES string of the molecule is CCOC(=O)c1c([C@H](C#N)c2ccc(Cl)cc2Cl)ccc(NC(=O)NC(=O)c2c(F)cccc2F)c1Cl. The molecule has 0 fully saturated rings. The lowest BCUT2D eigenvalue weighted by Gasteiger charge is -2.19. The van der Waals surface area contributed by atoms with E-state index < -0.39 is 41.0 Å². The number of hydrogen-bond acceptors (Lipinski definition) is 5. The van der Waals surface area contributed by atoms with Crippen LogP contribution < -0.4 is 10.6 Å². The third-order valence-corrected chi connectivity index (χ3v) is 5.99. The van der Waals surface area contributed by atoms with Crippen molar-refractivity contribution in [3.63, 3.8) is 0 Å². The van der Waals surface area contributed by atoms with E-state index in [0.717, 1.165) is 18.2 Å². The normalized spacial score (nSPS) is 11.3. The van der Waals surface area contributed by atoms with Crippen molar-refractivity contribution in [1.29, 1.82) is 5.26 Å². The van der Waals surface area contributed by atoms with Crippen molar-refractivity contribution in [2.45, 2.75) is 12.8 Å². The molecule has 37 heavy (non-hydrogen) atoms. The summed E-state index contributed by atoms with van der Waals surface area (Å²) in [5, 5.41) is 14.1. The van der Waals surface area contributed by atoms with E-state index in [1.165, 1.54) is 30.3 Å². The molecule has 3 amide bonds. The smallest absolute Gasteiger partial charge is 0.340 e. The number of nitriles is 1. The lowest BCUT2D eigenvalue weighted by molar-refractivity contribution is 0.0525. The number of urea groups is 1. The first-order valence-electron chi connectivity index (χ1n) is 10.5. The molecular weight excluding hydrogens is 551 g/mol. The van der Waals surface area contributed by atoms with Gasteiger partial charge in [-0.25, -0.2) is 18.4 Å². The van der Waals surface area contributed by atoms with Gasteiger partial charge in [0.05, 0.1) is 34.9 Å². The Morgan fingerprint density at radius 1 is 1.00 bits per heavy atom. The molecule has 1 atom stereocenters. The Hall–Kier alpha value is -3.71. The molecule has 0 aromatic heterocycles. The molecule has 3 rings (SSSR count). The Kier molecular flexibility index (Phi) is 9.05. The number of nitrogens with one attached hydrogen (secondary N) is 2. The Labute approximate surface area is 224 Å². The van der Waals surface area contributed by atoms with Crippen molar-refractivity contribution in [1.82, 2.24) is 5.32 Å². The predicted octanol–water partition coefficient (Wildman–Crippen LogP) is 6.72. The molecule has 0 saturated heterocycles. The number of esters is 1. The van der Waals surface area contributed by atoms with E-state index in [9.17, 15) is 28.4 Å². The molecule has 7 nitrogen and oxygen atoms in total. The first-order chi connectivity index (χ1) is 17.6. The number of rotatable bonds is 6. The number of amides is 3. The van der Waals surface area contributed by atoms with Gasteiger partial charge in [-0.3, -0.25) is 10.1 Å². The van der Waals surface area contributed by atoms with Gasteiger partial charge in [-0.1, -0.05) is 53.0 Å². The second-order valence-corrected chi connectivity index (χ2v) is 8.57. The maximum atomic E-state index is 13.9. The zero-order valence-corrected chi connectivity index (χ0v) is 21.1. The highest BCUT2D eigenvalue weighted by Gasteiger charge is 2.28. The maximum absolute atomic E-state index is 13.9. The molecule has 0 spiro atoms. The number of halogens is 5. The van der Waals surface area contributed by atoms with Crippen LogP contribution in [0.3, 0.4) is 0 Å². The zero-order valence-electron chi connectivity index (χ0n) is 18.9. The number of hydrogen-bond donors (Lipinski definition) is 2. The fraction of sp³-hybridized carbons (Fsp3) is 0.120. The van der Waals surface area contributed by atoms with Crippen LogP contribution in [0.2, 0.25) is 15.1 Å². The second kappa shape index (κ2) is 12.0. The highest BCUT2D eigenvalue weighted by Crippen LogP contribution is 2.38. The fourth-order valence-corrected chi connectivity index (χ4v) is 4.23. The van der Waals surface area contributed by atoms with Crippen LogP contribution in [0, 0.1) is 23.0 Å². The lowest BCUT2D eigenvalue weighted by atomic mass is 9.88. The summed E-state index contributed by atoms with van der Waals surface area (Å²) < 4.78 is 32.8. The average molecular weight is 567 g/mol. The Morgan fingerprint density at radius 3 is 2.24 bits per heavy atom. The zero-order chi connectivity index (χ0) is 27.3. The highest BCUT2D eigenvalue weighted by molar-refractivity contribution is 6.37. The van der Waals surface area contributed by atoms with E-state index in [1.807, 2.05) is 0 Å². The van der Waals surface area contributed by atoms with Gasteiger partial charge in [0.25, 0.3) is 5.91 Å². The fourth-order valence-electron chi connectivity index (χ4n) is 3.41. The summed E-state index contributed by atoms with van der Waals surface area (Å²) in [5.74, 6) is -5.63. The molecule has 0 aliphatic rings. The molecule has 0 bridgehead atoms. The van der Waals surface area contributed by atoms with E-state index in [2.05, 4.69) is 11.4 Å². The summed E-state index contributed by atoms with van der Waals surface area (Å²) in [6.45, 7) is 1.54. The predicted molar refractivity (Wildman–Crippen MR) is 134 cm³/mol. The van der Waals surface area contributed by atoms with Gasteiger partial charge < -0.3 is 10.1 Å². The minimum Gasteiger partial charge on any atom is -0.462 e. The lowest BCUT2D eigenvalue weighted by Crippen LogP contribution is -2.35. The van der Waals surface area contributed by atoms with Gasteiger partial charge in [0, 0.05) is 10.0 Å². The number of nitrogens with zero attached hydrogens (tertiary/aromatic N) is 1. The van der Waals surface area contributed by atoms with Crippen LogP contribution in [0.15, 0.2) is 48.5 Å².